The average molecular weight is 206 g/mol. The van der Waals surface area contributed by atoms with Crippen molar-refractivity contribution in [3.63, 3.8) is 0 Å². The zero-order valence-corrected chi connectivity index (χ0v) is 12.4. The van der Waals surface area contributed by atoms with Gasteiger partial charge in [0.05, 0.1) is 0 Å². The topological polar surface area (TPSA) is 40.1 Å². The summed E-state index contributed by atoms with van der Waals surface area (Å²) in [6, 6.07) is 0. The van der Waals surface area contributed by atoms with Crippen LogP contribution >= 0.6 is 0 Å². The van der Waals surface area contributed by atoms with Crippen LogP contribution in [0.25, 0.3) is 0 Å². The summed E-state index contributed by atoms with van der Waals surface area (Å²) in [5.41, 5.74) is -0.915. The minimum absolute atomic E-state index is 0. The molecule has 0 saturated carbocycles. The monoisotopic (exact) mass is 206 g/mol. The van der Waals surface area contributed by atoms with Crippen molar-refractivity contribution in [2.45, 2.75) is 41.5 Å². The summed E-state index contributed by atoms with van der Waals surface area (Å²) in [6.07, 6.45) is 1.22. The van der Waals surface area contributed by atoms with Crippen molar-refractivity contribution in [3.8, 4) is 0 Å². The molecule has 0 rings (SSSR count). The van der Waals surface area contributed by atoms with E-state index in [0.29, 0.717) is 0 Å². The summed E-state index contributed by atoms with van der Waals surface area (Å²) in [5, 5.41) is 11.4. The van der Waals surface area contributed by atoms with E-state index in [1.165, 1.54) is 6.08 Å². The summed E-state index contributed by atoms with van der Waals surface area (Å²) >= 11 is 0. The van der Waals surface area contributed by atoms with E-state index in [-0.39, 0.29) is 41.1 Å². The van der Waals surface area contributed by atoms with Crippen LogP contribution < -0.4 is 34.7 Å². The summed E-state index contributed by atoms with van der Waals surface area (Å²) < 4.78 is 0. The molecule has 0 aromatic rings. The van der Waals surface area contributed by atoms with Gasteiger partial charge in [0.2, 0.25) is 0 Å². The van der Waals surface area contributed by atoms with Gasteiger partial charge in [-0.1, -0.05) is 41.5 Å². The van der Waals surface area contributed by atoms with E-state index >= 15 is 0 Å². The first-order valence-corrected chi connectivity index (χ1v) is 4.49. The van der Waals surface area contributed by atoms with Gasteiger partial charge in [0.1, 0.15) is 0 Å². The molecule has 0 radical (unpaired) electrons. The first-order chi connectivity index (χ1) is 5.55. The fraction of sp³-hybridized carbons (Fsp3) is 0.727. The van der Waals surface area contributed by atoms with Crippen LogP contribution in [0.5, 0.6) is 0 Å². The molecule has 0 aromatic carbocycles. The Labute approximate surface area is 109 Å². The number of carbonyl (C=O) groups is 1. The standard InChI is InChI=1S/C11H20O2.Na/c1-10(2,3)8(12)7-9(13)11(4,5)6;/h7,12H,1-6H3;/q;+1/p-1/b8-7-;. The Hall–Kier alpha value is 0.210. The van der Waals surface area contributed by atoms with Crippen molar-refractivity contribution in [1.82, 2.24) is 0 Å². The van der Waals surface area contributed by atoms with Crippen LogP contribution in [-0.4, -0.2) is 5.78 Å². The zero-order valence-electron chi connectivity index (χ0n) is 10.4. The molecule has 0 heterocycles. The third-order valence-electron chi connectivity index (χ3n) is 1.74. The van der Waals surface area contributed by atoms with Gasteiger partial charge in [-0.3, -0.25) is 4.79 Å². The van der Waals surface area contributed by atoms with Crippen LogP contribution in [0.15, 0.2) is 11.8 Å². The largest absolute Gasteiger partial charge is 1.00 e. The normalized spacial score (nSPS) is 13.4. The summed E-state index contributed by atoms with van der Waals surface area (Å²) in [6.45, 7) is 10.8. The third-order valence-corrected chi connectivity index (χ3v) is 1.74. The quantitative estimate of drug-likeness (QED) is 0.310. The minimum Gasteiger partial charge on any atom is -0.875 e. The van der Waals surface area contributed by atoms with E-state index in [1.807, 2.05) is 41.5 Å². The van der Waals surface area contributed by atoms with Gasteiger partial charge in [0.15, 0.2) is 5.78 Å². The first kappa shape index (κ1) is 16.6. The van der Waals surface area contributed by atoms with Gasteiger partial charge in [-0.25, -0.2) is 0 Å². The molecule has 0 aromatic heterocycles. The number of ketones is 1. The molecule has 3 heteroatoms. The molecule has 0 unspecified atom stereocenters. The maximum absolute atomic E-state index is 11.4. The Balaban J connectivity index is 0. The van der Waals surface area contributed by atoms with Gasteiger partial charge < -0.3 is 5.11 Å². The molecule has 2 nitrogen and oxygen atoms in total. The Morgan fingerprint density at radius 3 is 1.57 bits per heavy atom. The van der Waals surface area contributed by atoms with E-state index in [1.54, 1.807) is 0 Å². The van der Waals surface area contributed by atoms with Crippen molar-refractivity contribution < 1.29 is 39.5 Å². The molecule has 0 bridgehead atoms. The predicted molar refractivity (Wildman–Crippen MR) is 52.0 cm³/mol. The van der Waals surface area contributed by atoms with Crippen LogP contribution in [0.4, 0.5) is 0 Å². The number of carbonyl (C=O) groups excluding carboxylic acids is 1. The van der Waals surface area contributed by atoms with Gasteiger partial charge >= 0.3 is 29.6 Å². The van der Waals surface area contributed by atoms with Crippen LogP contribution in [0, 0.1) is 10.8 Å². The van der Waals surface area contributed by atoms with Crippen molar-refractivity contribution >= 4 is 5.78 Å². The third kappa shape index (κ3) is 5.84. The predicted octanol–water partition coefficient (Wildman–Crippen LogP) is -1.10. The van der Waals surface area contributed by atoms with E-state index < -0.39 is 10.8 Å². The summed E-state index contributed by atoms with van der Waals surface area (Å²) in [5.74, 6) is -0.208. The molecular formula is C11H19NaO2. The molecule has 0 atom stereocenters. The average Bonchev–Trinajstić information content (AvgIpc) is 1.82. The molecule has 0 fully saturated rings. The van der Waals surface area contributed by atoms with E-state index in [2.05, 4.69) is 0 Å². The fourth-order valence-electron chi connectivity index (χ4n) is 0.552. The van der Waals surface area contributed by atoms with Crippen LogP contribution in [0.1, 0.15) is 41.5 Å². The van der Waals surface area contributed by atoms with Crippen molar-refractivity contribution in [2.75, 3.05) is 0 Å². The summed E-state index contributed by atoms with van der Waals surface area (Å²) in [7, 11) is 0. The van der Waals surface area contributed by atoms with Crippen molar-refractivity contribution in [2.24, 2.45) is 10.8 Å². The zero-order chi connectivity index (χ0) is 10.9. The number of hydrogen-bond donors (Lipinski definition) is 0. The molecule has 0 spiro atoms. The molecule has 0 aliphatic rings. The Bertz CT molecular complexity index is 229. The van der Waals surface area contributed by atoms with Gasteiger partial charge in [-0.2, -0.15) is 0 Å². The molecule has 76 valence electrons. The molecule has 14 heavy (non-hydrogen) atoms. The van der Waals surface area contributed by atoms with Crippen molar-refractivity contribution in [3.05, 3.63) is 11.8 Å². The molecule has 0 saturated heterocycles. The van der Waals surface area contributed by atoms with Gasteiger partial charge in [-0.15, -0.1) is 5.76 Å². The maximum Gasteiger partial charge on any atom is 1.00 e. The number of allylic oxidation sites excluding steroid dienone is 2. The second kappa shape index (κ2) is 5.34. The molecular weight excluding hydrogens is 187 g/mol. The molecule has 0 N–H and O–H groups in total. The summed E-state index contributed by atoms with van der Waals surface area (Å²) in [4.78, 5) is 11.4. The van der Waals surface area contributed by atoms with Crippen LogP contribution in [0.3, 0.4) is 0 Å². The van der Waals surface area contributed by atoms with Gasteiger partial charge in [0.25, 0.3) is 0 Å². The SMILES string of the molecule is CC(C)(C)C(=O)/C=C(\[O-])C(C)(C)C.[Na+]. The van der Waals surface area contributed by atoms with E-state index in [0.717, 1.165) is 0 Å². The molecule has 0 aliphatic carbocycles. The van der Waals surface area contributed by atoms with Gasteiger partial charge in [0, 0.05) is 5.41 Å². The second-order valence-electron chi connectivity index (χ2n) is 5.37. The van der Waals surface area contributed by atoms with Crippen LogP contribution in [0.2, 0.25) is 0 Å². The Morgan fingerprint density at radius 1 is 1.00 bits per heavy atom. The molecule has 0 aliphatic heterocycles. The Morgan fingerprint density at radius 2 is 1.36 bits per heavy atom. The Kier molecular flexibility index (Phi) is 6.34. The molecule has 0 amide bonds. The maximum atomic E-state index is 11.4. The number of rotatable bonds is 1. The van der Waals surface area contributed by atoms with E-state index in [9.17, 15) is 9.90 Å². The fourth-order valence-corrected chi connectivity index (χ4v) is 0.552. The number of hydrogen-bond acceptors (Lipinski definition) is 2. The second-order valence-corrected chi connectivity index (χ2v) is 5.37. The first-order valence-electron chi connectivity index (χ1n) is 4.49. The van der Waals surface area contributed by atoms with Crippen LogP contribution in [-0.2, 0) is 4.79 Å². The van der Waals surface area contributed by atoms with Gasteiger partial charge in [-0.05, 0) is 11.5 Å². The minimum atomic E-state index is -0.457. The van der Waals surface area contributed by atoms with E-state index in [4.69, 9.17) is 0 Å². The van der Waals surface area contributed by atoms with Crippen molar-refractivity contribution in [1.29, 1.82) is 0 Å². The smallest absolute Gasteiger partial charge is 0.875 e.